The van der Waals surface area contributed by atoms with E-state index in [1.54, 1.807) is 6.07 Å². The van der Waals surface area contributed by atoms with Crippen molar-refractivity contribution in [3.63, 3.8) is 0 Å². The van der Waals surface area contributed by atoms with Crippen molar-refractivity contribution in [2.75, 3.05) is 19.8 Å². The third-order valence-electron chi connectivity index (χ3n) is 2.12. The third kappa shape index (κ3) is 5.51. The molecule has 104 valence electrons. The van der Waals surface area contributed by atoms with Gasteiger partial charge in [-0.1, -0.05) is 23.2 Å². The van der Waals surface area contributed by atoms with E-state index in [-0.39, 0.29) is 0 Å². The van der Waals surface area contributed by atoms with Crippen molar-refractivity contribution in [3.05, 3.63) is 33.8 Å². The summed E-state index contributed by atoms with van der Waals surface area (Å²) in [6.45, 7) is 3.24. The summed E-state index contributed by atoms with van der Waals surface area (Å²) in [7, 11) is 0. The van der Waals surface area contributed by atoms with E-state index in [2.05, 4.69) is 0 Å². The predicted molar refractivity (Wildman–Crippen MR) is 75.1 cm³/mol. The minimum Gasteiger partial charge on any atom is -0.489 e. The van der Waals surface area contributed by atoms with Gasteiger partial charge in [0.05, 0.1) is 11.6 Å². The molecular formula is C13H14Cl2O4. The number of ether oxygens (including phenoxy) is 2. The molecule has 1 aromatic rings. The number of hydrogen-bond acceptors (Lipinski definition) is 3. The number of carboxylic acid groups (broad SMARTS) is 1. The van der Waals surface area contributed by atoms with E-state index in [1.165, 1.54) is 12.1 Å². The SMILES string of the molecule is CCOCCOc1c(Cl)cc(Cl)cc1/C=C/C(=O)O. The average Bonchev–Trinajstić information content (AvgIpc) is 2.34. The van der Waals surface area contributed by atoms with Gasteiger partial charge in [0, 0.05) is 23.3 Å². The summed E-state index contributed by atoms with van der Waals surface area (Å²) in [4.78, 5) is 10.5. The van der Waals surface area contributed by atoms with Gasteiger partial charge in [0.2, 0.25) is 0 Å². The van der Waals surface area contributed by atoms with E-state index in [4.69, 9.17) is 37.8 Å². The van der Waals surface area contributed by atoms with Crippen LogP contribution < -0.4 is 4.74 Å². The number of halogens is 2. The van der Waals surface area contributed by atoms with Crippen LogP contribution in [0.4, 0.5) is 0 Å². The molecule has 19 heavy (non-hydrogen) atoms. The summed E-state index contributed by atoms with van der Waals surface area (Å²) in [5, 5.41) is 9.37. The molecule has 4 nitrogen and oxygen atoms in total. The lowest BCUT2D eigenvalue weighted by Crippen LogP contribution is -2.07. The molecule has 0 atom stereocenters. The Morgan fingerprint density at radius 2 is 2.11 bits per heavy atom. The lowest BCUT2D eigenvalue weighted by Gasteiger charge is -2.11. The second-order valence-electron chi connectivity index (χ2n) is 3.52. The molecular weight excluding hydrogens is 291 g/mol. The summed E-state index contributed by atoms with van der Waals surface area (Å²) in [5.41, 5.74) is 0.511. The summed E-state index contributed by atoms with van der Waals surface area (Å²) in [6, 6.07) is 3.13. The van der Waals surface area contributed by atoms with Gasteiger partial charge in [0.1, 0.15) is 12.4 Å². The average molecular weight is 305 g/mol. The minimum absolute atomic E-state index is 0.323. The first kappa shape index (κ1) is 15.8. The molecule has 0 bridgehead atoms. The first-order valence-corrected chi connectivity index (χ1v) is 6.40. The molecule has 0 aliphatic rings. The van der Waals surface area contributed by atoms with Crippen LogP contribution in [0.15, 0.2) is 18.2 Å². The molecule has 0 unspecified atom stereocenters. The van der Waals surface area contributed by atoms with Crippen molar-refractivity contribution in [1.29, 1.82) is 0 Å². The summed E-state index contributed by atoms with van der Waals surface area (Å²) < 4.78 is 10.6. The highest BCUT2D eigenvalue weighted by atomic mass is 35.5. The standard InChI is InChI=1S/C13H14Cl2O4/c1-2-18-5-6-19-13-9(3-4-12(16)17)7-10(14)8-11(13)15/h3-4,7-8H,2,5-6H2,1H3,(H,16,17)/b4-3+. The number of aliphatic carboxylic acids is 1. The quantitative estimate of drug-likeness (QED) is 0.618. The minimum atomic E-state index is -1.06. The topological polar surface area (TPSA) is 55.8 Å². The number of hydrogen-bond donors (Lipinski definition) is 1. The van der Waals surface area contributed by atoms with Crippen LogP contribution in [0, 0.1) is 0 Å². The van der Waals surface area contributed by atoms with Crippen molar-refractivity contribution >= 4 is 35.2 Å². The van der Waals surface area contributed by atoms with Crippen LogP contribution in [0.1, 0.15) is 12.5 Å². The Morgan fingerprint density at radius 3 is 2.74 bits per heavy atom. The highest BCUT2D eigenvalue weighted by Crippen LogP contribution is 2.33. The predicted octanol–water partition coefficient (Wildman–Crippen LogP) is 3.51. The van der Waals surface area contributed by atoms with E-state index in [0.29, 0.717) is 41.2 Å². The molecule has 1 N–H and O–H groups in total. The van der Waals surface area contributed by atoms with Gasteiger partial charge < -0.3 is 14.6 Å². The zero-order valence-corrected chi connectivity index (χ0v) is 11.9. The van der Waals surface area contributed by atoms with Gasteiger partial charge in [0.25, 0.3) is 0 Å². The number of carbonyl (C=O) groups is 1. The van der Waals surface area contributed by atoms with Gasteiger partial charge >= 0.3 is 5.97 Å². The molecule has 0 saturated carbocycles. The lowest BCUT2D eigenvalue weighted by atomic mass is 10.2. The fraction of sp³-hybridized carbons (Fsp3) is 0.308. The first-order chi connectivity index (χ1) is 9.04. The fourth-order valence-electron chi connectivity index (χ4n) is 1.36. The Balaban J connectivity index is 2.89. The van der Waals surface area contributed by atoms with Crippen LogP contribution in [0.3, 0.4) is 0 Å². The lowest BCUT2D eigenvalue weighted by molar-refractivity contribution is -0.131. The summed E-state index contributed by atoms with van der Waals surface area (Å²) in [5.74, 6) is -0.667. The Bertz CT molecular complexity index is 472. The van der Waals surface area contributed by atoms with Crippen LogP contribution >= 0.6 is 23.2 Å². The smallest absolute Gasteiger partial charge is 0.328 e. The molecule has 0 fully saturated rings. The molecule has 1 rings (SSSR count). The fourth-order valence-corrected chi connectivity index (χ4v) is 1.93. The largest absolute Gasteiger partial charge is 0.489 e. The Hall–Kier alpha value is -1.23. The van der Waals surface area contributed by atoms with Crippen molar-refractivity contribution < 1.29 is 19.4 Å². The normalized spacial score (nSPS) is 10.9. The van der Waals surface area contributed by atoms with Crippen molar-refractivity contribution in [1.82, 2.24) is 0 Å². The van der Waals surface area contributed by atoms with Crippen LogP contribution in [-0.2, 0) is 9.53 Å². The van der Waals surface area contributed by atoms with Gasteiger partial charge in [-0.25, -0.2) is 4.79 Å². The maximum atomic E-state index is 10.5. The molecule has 0 heterocycles. The number of benzene rings is 1. The Morgan fingerprint density at radius 1 is 1.37 bits per heavy atom. The van der Waals surface area contributed by atoms with Crippen LogP contribution in [-0.4, -0.2) is 30.9 Å². The molecule has 0 amide bonds. The van der Waals surface area contributed by atoms with Crippen molar-refractivity contribution in [2.24, 2.45) is 0 Å². The van der Waals surface area contributed by atoms with Gasteiger partial charge in [0.15, 0.2) is 0 Å². The van der Waals surface area contributed by atoms with Crippen LogP contribution in [0.2, 0.25) is 10.0 Å². The van der Waals surface area contributed by atoms with E-state index in [0.717, 1.165) is 6.08 Å². The second-order valence-corrected chi connectivity index (χ2v) is 4.37. The van der Waals surface area contributed by atoms with E-state index in [9.17, 15) is 4.79 Å². The number of carboxylic acids is 1. The van der Waals surface area contributed by atoms with Crippen molar-refractivity contribution in [3.8, 4) is 5.75 Å². The molecule has 1 aromatic carbocycles. The monoisotopic (exact) mass is 304 g/mol. The molecule has 0 aliphatic heterocycles. The van der Waals surface area contributed by atoms with E-state index >= 15 is 0 Å². The summed E-state index contributed by atoms with van der Waals surface area (Å²) >= 11 is 11.9. The molecule has 0 radical (unpaired) electrons. The molecule has 0 saturated heterocycles. The molecule has 0 aliphatic carbocycles. The van der Waals surface area contributed by atoms with Gasteiger partial charge in [-0.3, -0.25) is 0 Å². The third-order valence-corrected chi connectivity index (χ3v) is 2.62. The Kier molecular flexibility index (Phi) is 6.70. The zero-order valence-electron chi connectivity index (χ0n) is 10.4. The maximum absolute atomic E-state index is 10.5. The molecule has 0 spiro atoms. The van der Waals surface area contributed by atoms with Crippen LogP contribution in [0.5, 0.6) is 5.75 Å². The van der Waals surface area contributed by atoms with Gasteiger partial charge in [-0.15, -0.1) is 0 Å². The second kappa shape index (κ2) is 8.04. The van der Waals surface area contributed by atoms with E-state index in [1.807, 2.05) is 6.92 Å². The van der Waals surface area contributed by atoms with Gasteiger partial charge in [-0.05, 0) is 25.1 Å². The highest BCUT2D eigenvalue weighted by molar-refractivity contribution is 6.35. The first-order valence-electron chi connectivity index (χ1n) is 5.65. The van der Waals surface area contributed by atoms with Crippen LogP contribution in [0.25, 0.3) is 6.08 Å². The zero-order chi connectivity index (χ0) is 14.3. The van der Waals surface area contributed by atoms with Gasteiger partial charge in [-0.2, -0.15) is 0 Å². The number of rotatable bonds is 7. The van der Waals surface area contributed by atoms with Crippen molar-refractivity contribution in [2.45, 2.75) is 6.92 Å². The van der Waals surface area contributed by atoms with E-state index < -0.39 is 5.97 Å². The maximum Gasteiger partial charge on any atom is 0.328 e. The highest BCUT2D eigenvalue weighted by Gasteiger charge is 2.09. The molecule has 6 heteroatoms. The molecule has 0 aromatic heterocycles. The Labute approximate surface area is 121 Å². The summed E-state index contributed by atoms with van der Waals surface area (Å²) in [6.07, 6.45) is 2.38.